The van der Waals surface area contributed by atoms with E-state index in [-0.39, 0.29) is 29.3 Å². The van der Waals surface area contributed by atoms with Gasteiger partial charge in [0, 0.05) is 23.7 Å². The highest BCUT2D eigenvalue weighted by atomic mass is 35.5. The lowest BCUT2D eigenvalue weighted by atomic mass is 10.0. The summed E-state index contributed by atoms with van der Waals surface area (Å²) >= 11 is 0. The molecule has 130 valence electrons. The van der Waals surface area contributed by atoms with Crippen LogP contribution in [0.15, 0.2) is 23.1 Å². The maximum Gasteiger partial charge on any atom is 0.252 e. The number of benzene rings is 1. The van der Waals surface area contributed by atoms with Gasteiger partial charge < -0.3 is 11.1 Å². The Balaban J connectivity index is 0.00000264. The fourth-order valence-electron chi connectivity index (χ4n) is 1.93. The largest absolute Gasteiger partial charge is 0.346 e. The van der Waals surface area contributed by atoms with E-state index in [1.54, 1.807) is 13.0 Å². The lowest BCUT2D eigenvalue weighted by molar-refractivity contribution is 0.0915. The molecule has 0 atom stereocenters. The van der Waals surface area contributed by atoms with Gasteiger partial charge in [-0.05, 0) is 51.3 Å². The van der Waals surface area contributed by atoms with E-state index in [4.69, 9.17) is 5.73 Å². The van der Waals surface area contributed by atoms with E-state index in [9.17, 15) is 13.2 Å². The SMILES string of the molecule is Cc1ccc(S(=O)(=O)NC2CC2)cc1C(=O)NC(C)(C)CN.Cl. The monoisotopic (exact) mass is 361 g/mol. The average molecular weight is 362 g/mol. The minimum Gasteiger partial charge on any atom is -0.346 e. The van der Waals surface area contributed by atoms with Crippen LogP contribution in [0.4, 0.5) is 0 Å². The lowest BCUT2D eigenvalue weighted by Gasteiger charge is -2.24. The number of carbonyl (C=O) groups is 1. The first kappa shape index (κ1) is 19.9. The van der Waals surface area contributed by atoms with Crippen molar-refractivity contribution in [1.29, 1.82) is 0 Å². The molecule has 0 spiro atoms. The van der Waals surface area contributed by atoms with Crippen LogP contribution in [-0.4, -0.2) is 32.5 Å². The molecule has 1 amide bonds. The molecule has 0 bridgehead atoms. The summed E-state index contributed by atoms with van der Waals surface area (Å²) in [5.74, 6) is -0.323. The minimum atomic E-state index is -3.57. The number of amides is 1. The molecule has 0 saturated heterocycles. The number of hydrogen-bond acceptors (Lipinski definition) is 4. The predicted octanol–water partition coefficient (Wildman–Crippen LogP) is 1.32. The molecule has 1 aliphatic rings. The summed E-state index contributed by atoms with van der Waals surface area (Å²) in [6, 6.07) is 4.61. The normalized spacial score (nSPS) is 15.0. The molecule has 1 aromatic rings. The van der Waals surface area contributed by atoms with Gasteiger partial charge in [-0.15, -0.1) is 12.4 Å². The molecule has 0 unspecified atom stereocenters. The Morgan fingerprint density at radius 1 is 1.35 bits per heavy atom. The smallest absolute Gasteiger partial charge is 0.252 e. The van der Waals surface area contributed by atoms with Crippen LogP contribution in [0, 0.1) is 6.92 Å². The molecular formula is C15H24ClN3O3S. The highest BCUT2D eigenvalue weighted by molar-refractivity contribution is 7.89. The van der Waals surface area contributed by atoms with Gasteiger partial charge in [0.2, 0.25) is 10.0 Å². The number of halogens is 1. The van der Waals surface area contributed by atoms with E-state index < -0.39 is 15.6 Å². The van der Waals surface area contributed by atoms with Gasteiger partial charge in [0.1, 0.15) is 0 Å². The fourth-order valence-corrected chi connectivity index (χ4v) is 3.26. The topological polar surface area (TPSA) is 101 Å². The van der Waals surface area contributed by atoms with Gasteiger partial charge in [0.05, 0.1) is 4.90 Å². The Morgan fingerprint density at radius 2 is 1.96 bits per heavy atom. The maximum absolute atomic E-state index is 12.4. The highest BCUT2D eigenvalue weighted by Crippen LogP contribution is 2.23. The van der Waals surface area contributed by atoms with Crippen LogP contribution in [-0.2, 0) is 10.0 Å². The first-order valence-electron chi connectivity index (χ1n) is 7.30. The van der Waals surface area contributed by atoms with Crippen molar-refractivity contribution in [1.82, 2.24) is 10.0 Å². The van der Waals surface area contributed by atoms with Crippen LogP contribution in [0.25, 0.3) is 0 Å². The van der Waals surface area contributed by atoms with E-state index >= 15 is 0 Å². The number of nitrogens with one attached hydrogen (secondary N) is 2. The molecule has 8 heteroatoms. The lowest BCUT2D eigenvalue weighted by Crippen LogP contribution is -2.49. The van der Waals surface area contributed by atoms with Gasteiger partial charge in [-0.2, -0.15) is 0 Å². The molecule has 0 radical (unpaired) electrons. The van der Waals surface area contributed by atoms with E-state index in [0.29, 0.717) is 12.1 Å². The number of nitrogens with two attached hydrogens (primary N) is 1. The summed E-state index contributed by atoms with van der Waals surface area (Å²) in [6.07, 6.45) is 1.73. The van der Waals surface area contributed by atoms with E-state index in [1.165, 1.54) is 12.1 Å². The molecule has 1 aromatic carbocycles. The van der Waals surface area contributed by atoms with E-state index in [2.05, 4.69) is 10.0 Å². The molecule has 0 heterocycles. The Labute approximate surface area is 143 Å². The van der Waals surface area contributed by atoms with Crippen LogP contribution in [0.3, 0.4) is 0 Å². The molecule has 1 aliphatic carbocycles. The molecule has 23 heavy (non-hydrogen) atoms. The minimum absolute atomic E-state index is 0. The summed E-state index contributed by atoms with van der Waals surface area (Å²) in [7, 11) is -3.57. The van der Waals surface area contributed by atoms with Gasteiger partial charge in [-0.25, -0.2) is 13.1 Å². The molecule has 1 fully saturated rings. The fraction of sp³-hybridized carbons (Fsp3) is 0.533. The zero-order valence-electron chi connectivity index (χ0n) is 13.5. The number of hydrogen-bond donors (Lipinski definition) is 3. The van der Waals surface area contributed by atoms with Crippen molar-refractivity contribution in [2.24, 2.45) is 5.73 Å². The third-order valence-corrected chi connectivity index (χ3v) is 5.14. The summed E-state index contributed by atoms with van der Waals surface area (Å²) in [4.78, 5) is 12.5. The third kappa shape index (κ3) is 5.17. The number of rotatable bonds is 6. The van der Waals surface area contributed by atoms with Crippen molar-refractivity contribution < 1.29 is 13.2 Å². The number of carbonyl (C=O) groups excluding carboxylic acids is 1. The summed E-state index contributed by atoms with van der Waals surface area (Å²) in [6.45, 7) is 5.69. The first-order chi connectivity index (χ1) is 10.1. The van der Waals surface area contributed by atoms with E-state index in [0.717, 1.165) is 18.4 Å². The molecule has 6 nitrogen and oxygen atoms in total. The van der Waals surface area contributed by atoms with Crippen LogP contribution >= 0.6 is 12.4 Å². The predicted molar refractivity (Wildman–Crippen MR) is 92.4 cm³/mol. The van der Waals surface area contributed by atoms with Gasteiger partial charge in [0.25, 0.3) is 5.91 Å². The highest BCUT2D eigenvalue weighted by Gasteiger charge is 2.29. The molecule has 0 aliphatic heterocycles. The van der Waals surface area contributed by atoms with Crippen molar-refractivity contribution in [3.05, 3.63) is 29.3 Å². The van der Waals surface area contributed by atoms with Crippen LogP contribution in [0.1, 0.15) is 42.6 Å². The van der Waals surface area contributed by atoms with Crippen molar-refractivity contribution in [3.8, 4) is 0 Å². The van der Waals surface area contributed by atoms with Crippen LogP contribution in [0.2, 0.25) is 0 Å². The summed E-state index contributed by atoms with van der Waals surface area (Å²) in [5.41, 5.74) is 6.13. The van der Waals surface area contributed by atoms with Gasteiger partial charge >= 0.3 is 0 Å². The molecule has 4 N–H and O–H groups in total. The molecular weight excluding hydrogens is 338 g/mol. The van der Waals surface area contributed by atoms with Crippen molar-refractivity contribution in [2.45, 2.75) is 50.1 Å². The second kappa shape index (κ2) is 7.17. The summed E-state index contributed by atoms with van der Waals surface area (Å²) < 4.78 is 27.1. The first-order valence-corrected chi connectivity index (χ1v) is 8.78. The van der Waals surface area contributed by atoms with Crippen molar-refractivity contribution in [3.63, 3.8) is 0 Å². The van der Waals surface area contributed by atoms with Gasteiger partial charge in [-0.1, -0.05) is 6.07 Å². The van der Waals surface area contributed by atoms with Gasteiger partial charge in [-0.3, -0.25) is 4.79 Å². The summed E-state index contributed by atoms with van der Waals surface area (Å²) in [5, 5.41) is 2.82. The molecule has 1 saturated carbocycles. The van der Waals surface area contributed by atoms with Crippen LogP contribution < -0.4 is 15.8 Å². The number of aryl methyl sites for hydroxylation is 1. The molecule has 0 aromatic heterocycles. The van der Waals surface area contributed by atoms with Crippen molar-refractivity contribution in [2.75, 3.05) is 6.54 Å². The Morgan fingerprint density at radius 3 is 2.48 bits per heavy atom. The quantitative estimate of drug-likeness (QED) is 0.711. The second-order valence-electron chi connectivity index (χ2n) is 6.41. The maximum atomic E-state index is 12.4. The zero-order chi connectivity index (χ0) is 16.5. The Bertz CT molecular complexity index is 685. The number of sulfonamides is 1. The van der Waals surface area contributed by atoms with E-state index in [1.807, 2.05) is 13.8 Å². The van der Waals surface area contributed by atoms with Crippen LogP contribution in [0.5, 0.6) is 0 Å². The zero-order valence-corrected chi connectivity index (χ0v) is 15.2. The Hall–Kier alpha value is -1.15. The van der Waals surface area contributed by atoms with Gasteiger partial charge in [0.15, 0.2) is 0 Å². The molecule has 2 rings (SSSR count). The second-order valence-corrected chi connectivity index (χ2v) is 8.13. The standard InChI is InChI=1S/C15H23N3O3S.ClH/c1-10-4-7-12(22(20,21)18-11-5-6-11)8-13(10)14(19)17-15(2,3)9-16;/h4,7-8,11,18H,5-6,9,16H2,1-3H3,(H,17,19);1H. The van der Waals surface area contributed by atoms with Crippen molar-refractivity contribution >= 4 is 28.3 Å². The third-order valence-electron chi connectivity index (χ3n) is 3.63. The average Bonchev–Trinajstić information content (AvgIpc) is 3.21. The Kier molecular flexibility index (Phi) is 6.20.